The fourth-order valence-electron chi connectivity index (χ4n) is 7.17. The molecule has 1 amide bonds. The highest BCUT2D eigenvalue weighted by atomic mass is 16.5. The molecule has 8 nitrogen and oxygen atoms in total. The summed E-state index contributed by atoms with van der Waals surface area (Å²) in [5, 5.41) is 5.38. The zero-order valence-electron chi connectivity index (χ0n) is 20.6. The van der Waals surface area contributed by atoms with Crippen molar-refractivity contribution in [3.8, 4) is 11.5 Å². The quantitative estimate of drug-likeness (QED) is 0.629. The molecule has 2 aromatic rings. The summed E-state index contributed by atoms with van der Waals surface area (Å²) in [7, 11) is 3.06. The molecule has 0 N–H and O–H groups in total. The number of likely N-dealkylation sites (tertiary alicyclic amines) is 1. The van der Waals surface area contributed by atoms with Crippen LogP contribution in [-0.4, -0.2) is 71.4 Å². The number of carbonyl (C=O) groups is 1. The predicted octanol–water partition coefficient (Wildman–Crippen LogP) is 2.84. The van der Waals surface area contributed by atoms with Crippen molar-refractivity contribution in [2.24, 2.45) is 11.8 Å². The van der Waals surface area contributed by atoms with E-state index < -0.39 is 0 Å². The largest absolute Gasteiger partial charge is 0.493 e. The first-order valence-corrected chi connectivity index (χ1v) is 12.9. The Hall–Kier alpha value is -2.87. The van der Waals surface area contributed by atoms with E-state index in [-0.39, 0.29) is 24.1 Å². The molecule has 0 spiro atoms. The highest BCUT2D eigenvalue weighted by molar-refractivity contribution is 5.89. The lowest BCUT2D eigenvalue weighted by Crippen LogP contribution is -2.60. The minimum absolute atomic E-state index is 0.0318. The maximum Gasteiger partial charge on any atom is 0.279 e. The number of rotatable bonds is 4. The summed E-state index contributed by atoms with van der Waals surface area (Å²) in [6.07, 6.45) is 11.3. The van der Waals surface area contributed by atoms with Gasteiger partial charge in [-0.3, -0.25) is 14.5 Å². The molecule has 4 aliphatic rings. The van der Waals surface area contributed by atoms with Crippen LogP contribution in [0.2, 0.25) is 0 Å². The summed E-state index contributed by atoms with van der Waals surface area (Å²) in [6, 6.07) is 4.38. The molecule has 4 heterocycles. The first-order valence-electron chi connectivity index (χ1n) is 12.9. The van der Waals surface area contributed by atoms with Crippen LogP contribution in [0.25, 0.3) is 10.8 Å². The topological polar surface area (TPSA) is 76.9 Å². The average Bonchev–Trinajstić information content (AvgIpc) is 2.89. The van der Waals surface area contributed by atoms with Crippen LogP contribution in [0, 0.1) is 11.8 Å². The second-order valence-electron chi connectivity index (χ2n) is 10.5. The van der Waals surface area contributed by atoms with Gasteiger partial charge in [0.1, 0.15) is 6.54 Å². The lowest BCUT2D eigenvalue weighted by atomic mass is 9.68. The second kappa shape index (κ2) is 8.97. The van der Waals surface area contributed by atoms with E-state index in [1.54, 1.807) is 25.4 Å². The number of fused-ring (bicyclic) bond motifs is 7. The van der Waals surface area contributed by atoms with E-state index in [0.717, 1.165) is 25.9 Å². The van der Waals surface area contributed by atoms with E-state index in [1.165, 1.54) is 49.6 Å². The molecular weight excluding hydrogens is 444 g/mol. The minimum Gasteiger partial charge on any atom is -0.493 e. The standard InChI is InChI=1S/C27H34N4O4/c1-34-22-9-8-18-14-28-31(27(33)24(18)26(22)35-2)16-23(32)30-11-5-6-17-12-19-13-20(25(17)30)15-29-10-4-3-7-21(19)29/h8-9,12,14,19-21,25H,3-7,10-11,13,15-16H2,1-2H3/t19-,20+,21?,25?/m1/s1. The molecule has 35 heavy (non-hydrogen) atoms. The SMILES string of the molecule is COc1ccc2cnn(CC(=O)N3CCCC4=C[C@@H]5C[C@@H](CN6CCCCC56)C43)c(=O)c2c1OC. The molecule has 1 aromatic carbocycles. The Labute approximate surface area is 205 Å². The van der Waals surface area contributed by atoms with Crippen molar-refractivity contribution >= 4 is 16.7 Å². The van der Waals surface area contributed by atoms with E-state index in [1.807, 2.05) is 4.90 Å². The maximum atomic E-state index is 13.7. The summed E-state index contributed by atoms with van der Waals surface area (Å²) in [5.74, 6) is 1.93. The number of ether oxygens (including phenoxy) is 2. The van der Waals surface area contributed by atoms with Crippen LogP contribution in [0.3, 0.4) is 0 Å². The number of carbonyl (C=O) groups excluding carboxylic acids is 1. The van der Waals surface area contributed by atoms with Crippen LogP contribution >= 0.6 is 0 Å². The molecule has 4 atom stereocenters. The zero-order chi connectivity index (χ0) is 24.1. The van der Waals surface area contributed by atoms with Crippen LogP contribution in [0.1, 0.15) is 38.5 Å². The van der Waals surface area contributed by atoms with Gasteiger partial charge in [0.15, 0.2) is 11.5 Å². The number of methoxy groups -OCH3 is 2. The highest BCUT2D eigenvalue weighted by Crippen LogP contribution is 2.45. The van der Waals surface area contributed by atoms with Gasteiger partial charge in [0, 0.05) is 24.5 Å². The summed E-state index contributed by atoms with van der Waals surface area (Å²) in [4.78, 5) is 31.8. The van der Waals surface area contributed by atoms with Crippen molar-refractivity contribution < 1.29 is 14.3 Å². The summed E-state index contributed by atoms with van der Waals surface area (Å²) >= 11 is 0. The van der Waals surface area contributed by atoms with Gasteiger partial charge in [-0.15, -0.1) is 0 Å². The number of nitrogens with zero attached hydrogens (tertiary/aromatic N) is 4. The van der Waals surface area contributed by atoms with Crippen molar-refractivity contribution in [3.63, 3.8) is 0 Å². The lowest BCUT2D eigenvalue weighted by molar-refractivity contribution is -0.137. The third-order valence-corrected chi connectivity index (χ3v) is 8.62. The molecule has 186 valence electrons. The zero-order valence-corrected chi connectivity index (χ0v) is 20.6. The molecule has 2 unspecified atom stereocenters. The van der Waals surface area contributed by atoms with Gasteiger partial charge >= 0.3 is 0 Å². The fraction of sp³-hybridized carbons (Fsp3) is 0.593. The van der Waals surface area contributed by atoms with Gasteiger partial charge in [0.05, 0.1) is 31.8 Å². The predicted molar refractivity (Wildman–Crippen MR) is 133 cm³/mol. The lowest BCUT2D eigenvalue weighted by Gasteiger charge is -2.54. The smallest absolute Gasteiger partial charge is 0.279 e. The molecule has 0 radical (unpaired) electrons. The molecule has 2 bridgehead atoms. The molecule has 8 heteroatoms. The van der Waals surface area contributed by atoms with E-state index >= 15 is 0 Å². The summed E-state index contributed by atoms with van der Waals surface area (Å²) in [6.45, 7) is 2.94. The summed E-state index contributed by atoms with van der Waals surface area (Å²) < 4.78 is 12.1. The Bertz CT molecular complexity index is 1240. The van der Waals surface area contributed by atoms with Crippen molar-refractivity contribution in [2.45, 2.75) is 57.2 Å². The molecule has 3 fully saturated rings. The van der Waals surface area contributed by atoms with Gasteiger partial charge in [0.2, 0.25) is 5.91 Å². The Morgan fingerprint density at radius 1 is 1.14 bits per heavy atom. The maximum absolute atomic E-state index is 13.7. The molecule has 0 saturated carbocycles. The number of amides is 1. The van der Waals surface area contributed by atoms with E-state index in [0.29, 0.717) is 40.1 Å². The second-order valence-corrected chi connectivity index (χ2v) is 10.5. The van der Waals surface area contributed by atoms with Gasteiger partial charge in [-0.1, -0.05) is 18.1 Å². The molecular formula is C27H34N4O4. The van der Waals surface area contributed by atoms with Crippen molar-refractivity contribution in [1.82, 2.24) is 19.6 Å². The minimum atomic E-state index is -0.336. The van der Waals surface area contributed by atoms with Crippen LogP contribution < -0.4 is 15.0 Å². The summed E-state index contributed by atoms with van der Waals surface area (Å²) in [5.41, 5.74) is 1.11. The number of hydrogen-bond donors (Lipinski definition) is 0. The first-order chi connectivity index (χ1) is 17.1. The van der Waals surface area contributed by atoms with Crippen LogP contribution in [0.15, 0.2) is 34.8 Å². The van der Waals surface area contributed by atoms with Gasteiger partial charge < -0.3 is 14.4 Å². The number of aromatic nitrogens is 2. The number of benzene rings is 1. The van der Waals surface area contributed by atoms with Gasteiger partial charge in [-0.05, 0) is 62.6 Å². The average molecular weight is 479 g/mol. The molecule has 1 aromatic heterocycles. The third-order valence-electron chi connectivity index (χ3n) is 8.62. The van der Waals surface area contributed by atoms with Crippen molar-refractivity contribution in [1.29, 1.82) is 0 Å². The van der Waals surface area contributed by atoms with Gasteiger partial charge in [-0.25, -0.2) is 4.68 Å². The van der Waals surface area contributed by atoms with Crippen molar-refractivity contribution in [2.75, 3.05) is 33.9 Å². The normalized spacial score (nSPS) is 28.2. The number of piperidine rings is 3. The Morgan fingerprint density at radius 2 is 2.03 bits per heavy atom. The molecule has 3 saturated heterocycles. The van der Waals surface area contributed by atoms with Crippen molar-refractivity contribution in [3.05, 3.63) is 40.3 Å². The van der Waals surface area contributed by atoms with E-state index in [4.69, 9.17) is 9.47 Å². The van der Waals surface area contributed by atoms with Crippen LogP contribution in [-0.2, 0) is 11.3 Å². The van der Waals surface area contributed by atoms with E-state index in [9.17, 15) is 9.59 Å². The van der Waals surface area contributed by atoms with Crippen LogP contribution in [0.4, 0.5) is 0 Å². The van der Waals surface area contributed by atoms with Crippen LogP contribution in [0.5, 0.6) is 11.5 Å². The third kappa shape index (κ3) is 3.73. The monoisotopic (exact) mass is 478 g/mol. The van der Waals surface area contributed by atoms with Gasteiger partial charge in [0.25, 0.3) is 5.56 Å². The molecule has 6 rings (SSSR count). The Balaban J connectivity index is 1.30. The molecule has 1 aliphatic carbocycles. The Morgan fingerprint density at radius 3 is 2.86 bits per heavy atom. The Kier molecular flexibility index (Phi) is 5.79. The van der Waals surface area contributed by atoms with E-state index in [2.05, 4.69) is 16.1 Å². The first kappa shape index (κ1) is 22.6. The van der Waals surface area contributed by atoms with Gasteiger partial charge in [-0.2, -0.15) is 5.10 Å². The fourth-order valence-corrected chi connectivity index (χ4v) is 7.17. The highest BCUT2D eigenvalue weighted by Gasteiger charge is 2.46. The molecule has 3 aliphatic heterocycles. The number of hydrogen-bond acceptors (Lipinski definition) is 6.